The lowest BCUT2D eigenvalue weighted by Gasteiger charge is -2.03. The summed E-state index contributed by atoms with van der Waals surface area (Å²) in [5, 5.41) is 11.9. The second-order valence-electron chi connectivity index (χ2n) is 4.47. The van der Waals surface area contributed by atoms with E-state index in [1.807, 2.05) is 41.1 Å². The van der Waals surface area contributed by atoms with Gasteiger partial charge in [0.25, 0.3) is 0 Å². The fourth-order valence-electron chi connectivity index (χ4n) is 2.37. The molecule has 0 bridgehead atoms. The third-order valence-electron chi connectivity index (χ3n) is 3.26. The zero-order chi connectivity index (χ0) is 14.2. The Hall–Kier alpha value is -2.73. The molecule has 0 atom stereocenters. The number of hydrogen-bond donors (Lipinski definition) is 1. The van der Waals surface area contributed by atoms with Gasteiger partial charge in [0.15, 0.2) is 0 Å². The van der Waals surface area contributed by atoms with Crippen molar-refractivity contribution in [1.82, 2.24) is 29.9 Å². The van der Waals surface area contributed by atoms with Crippen molar-refractivity contribution >= 4 is 22.5 Å². The van der Waals surface area contributed by atoms with Gasteiger partial charge < -0.3 is 4.57 Å². The van der Waals surface area contributed by atoms with E-state index in [0.29, 0.717) is 5.82 Å². The van der Waals surface area contributed by atoms with Crippen LogP contribution in [0.2, 0.25) is 5.28 Å². The highest BCUT2D eigenvalue weighted by molar-refractivity contribution is 6.28. The van der Waals surface area contributed by atoms with Crippen LogP contribution in [0.4, 0.5) is 0 Å². The molecule has 0 spiro atoms. The van der Waals surface area contributed by atoms with Crippen molar-refractivity contribution in [2.24, 2.45) is 0 Å². The number of aromatic amines is 1. The van der Waals surface area contributed by atoms with Gasteiger partial charge in [-0.3, -0.25) is 5.10 Å². The van der Waals surface area contributed by atoms with E-state index in [4.69, 9.17) is 11.6 Å². The molecule has 0 aliphatic rings. The van der Waals surface area contributed by atoms with Gasteiger partial charge in [0, 0.05) is 23.3 Å². The molecule has 0 radical (unpaired) electrons. The summed E-state index contributed by atoms with van der Waals surface area (Å²) in [6.45, 7) is 0. The van der Waals surface area contributed by atoms with Crippen LogP contribution in [0, 0.1) is 0 Å². The number of halogens is 1. The molecule has 3 aromatic heterocycles. The first-order chi connectivity index (χ1) is 10.3. The molecule has 0 aliphatic carbocycles. The Balaban J connectivity index is 2.02. The van der Waals surface area contributed by atoms with Crippen molar-refractivity contribution in [2.75, 3.05) is 0 Å². The Labute approximate surface area is 124 Å². The third-order valence-corrected chi connectivity index (χ3v) is 3.45. The Morgan fingerprint density at radius 2 is 2.05 bits per heavy atom. The first-order valence-corrected chi connectivity index (χ1v) is 6.66. The second-order valence-corrected chi connectivity index (χ2v) is 4.81. The van der Waals surface area contributed by atoms with Crippen molar-refractivity contribution in [1.29, 1.82) is 0 Å². The van der Waals surface area contributed by atoms with Crippen LogP contribution in [0.1, 0.15) is 0 Å². The molecule has 0 saturated carbocycles. The quantitative estimate of drug-likeness (QED) is 0.577. The SMILES string of the molecule is Clc1nccc(-n2cc(-c3c[nH]nn3)c3ccccc32)n1. The van der Waals surface area contributed by atoms with Crippen molar-refractivity contribution in [3.63, 3.8) is 0 Å². The molecular weight excluding hydrogens is 288 g/mol. The van der Waals surface area contributed by atoms with Gasteiger partial charge in [0.1, 0.15) is 11.5 Å². The Morgan fingerprint density at radius 3 is 2.86 bits per heavy atom. The molecule has 4 rings (SSSR count). The van der Waals surface area contributed by atoms with E-state index < -0.39 is 0 Å². The molecule has 0 aliphatic heterocycles. The molecule has 0 unspecified atom stereocenters. The van der Waals surface area contributed by atoms with Crippen molar-refractivity contribution in [3.8, 4) is 17.1 Å². The highest BCUT2D eigenvalue weighted by Crippen LogP contribution is 2.30. The lowest BCUT2D eigenvalue weighted by molar-refractivity contribution is 0.942. The first-order valence-electron chi connectivity index (χ1n) is 6.29. The van der Waals surface area contributed by atoms with Gasteiger partial charge in [-0.15, -0.1) is 5.10 Å². The minimum absolute atomic E-state index is 0.216. The average Bonchev–Trinajstić information content (AvgIpc) is 3.14. The van der Waals surface area contributed by atoms with Gasteiger partial charge in [-0.2, -0.15) is 4.98 Å². The smallest absolute Gasteiger partial charge is 0.224 e. The van der Waals surface area contributed by atoms with Crippen molar-refractivity contribution < 1.29 is 0 Å². The molecule has 1 aromatic carbocycles. The predicted molar refractivity (Wildman–Crippen MR) is 79.3 cm³/mol. The van der Waals surface area contributed by atoms with Crippen LogP contribution in [-0.2, 0) is 0 Å². The summed E-state index contributed by atoms with van der Waals surface area (Å²) in [7, 11) is 0. The van der Waals surface area contributed by atoms with Crippen LogP contribution in [0.5, 0.6) is 0 Å². The van der Waals surface area contributed by atoms with E-state index in [1.165, 1.54) is 0 Å². The van der Waals surface area contributed by atoms with E-state index in [1.54, 1.807) is 12.4 Å². The molecule has 0 amide bonds. The molecule has 3 heterocycles. The van der Waals surface area contributed by atoms with Crippen LogP contribution in [0.3, 0.4) is 0 Å². The summed E-state index contributed by atoms with van der Waals surface area (Å²) in [6, 6.07) is 9.84. The lowest BCUT2D eigenvalue weighted by atomic mass is 10.1. The van der Waals surface area contributed by atoms with E-state index in [0.717, 1.165) is 22.2 Å². The largest absolute Gasteiger partial charge is 0.300 e. The molecule has 7 heteroatoms. The van der Waals surface area contributed by atoms with Gasteiger partial charge in [-0.1, -0.05) is 23.4 Å². The Bertz CT molecular complexity index is 912. The van der Waals surface area contributed by atoms with Gasteiger partial charge >= 0.3 is 0 Å². The lowest BCUT2D eigenvalue weighted by Crippen LogP contribution is -1.96. The number of nitrogens with one attached hydrogen (secondary N) is 1. The summed E-state index contributed by atoms with van der Waals surface area (Å²) in [6.07, 6.45) is 5.37. The molecule has 0 fully saturated rings. The van der Waals surface area contributed by atoms with Crippen LogP contribution in [0.15, 0.2) is 48.9 Å². The number of H-pyrrole nitrogens is 1. The number of aromatic nitrogens is 6. The van der Waals surface area contributed by atoms with Crippen LogP contribution >= 0.6 is 11.6 Å². The summed E-state index contributed by atoms with van der Waals surface area (Å²) in [5.41, 5.74) is 2.78. The van der Waals surface area contributed by atoms with E-state index in [2.05, 4.69) is 25.4 Å². The van der Waals surface area contributed by atoms with Crippen LogP contribution in [0.25, 0.3) is 28.0 Å². The Kier molecular flexibility index (Phi) is 2.68. The van der Waals surface area contributed by atoms with Gasteiger partial charge in [-0.25, -0.2) is 4.98 Å². The zero-order valence-corrected chi connectivity index (χ0v) is 11.5. The maximum atomic E-state index is 5.89. The number of nitrogens with zero attached hydrogens (tertiary/aromatic N) is 5. The maximum Gasteiger partial charge on any atom is 0.224 e. The maximum absolute atomic E-state index is 5.89. The molecule has 0 saturated heterocycles. The average molecular weight is 297 g/mol. The minimum Gasteiger partial charge on any atom is -0.300 e. The molecular formula is C14H9ClN6. The van der Waals surface area contributed by atoms with E-state index in [9.17, 15) is 0 Å². The van der Waals surface area contributed by atoms with Crippen LogP contribution in [-0.4, -0.2) is 29.9 Å². The normalized spacial score (nSPS) is 11.1. The second kappa shape index (κ2) is 4.68. The van der Waals surface area contributed by atoms with Gasteiger partial charge in [0.2, 0.25) is 5.28 Å². The minimum atomic E-state index is 0.216. The number of fused-ring (bicyclic) bond motifs is 1. The number of hydrogen-bond acceptors (Lipinski definition) is 4. The summed E-state index contributed by atoms with van der Waals surface area (Å²) >= 11 is 5.89. The highest BCUT2D eigenvalue weighted by atomic mass is 35.5. The van der Waals surface area contributed by atoms with Crippen LogP contribution < -0.4 is 0 Å². The fraction of sp³-hybridized carbons (Fsp3) is 0. The predicted octanol–water partition coefficient (Wildman–Crippen LogP) is 2.86. The molecule has 1 N–H and O–H groups in total. The molecule has 4 aromatic rings. The van der Waals surface area contributed by atoms with E-state index in [-0.39, 0.29) is 5.28 Å². The standard InChI is InChI=1S/C14H9ClN6/c15-14-16-6-5-13(18-14)21-8-10(11-7-17-20-19-11)9-3-1-2-4-12(9)21/h1-8H,(H,17,19,20). The number of rotatable bonds is 2. The van der Waals surface area contributed by atoms with Crippen molar-refractivity contribution in [3.05, 3.63) is 54.2 Å². The third kappa shape index (κ3) is 1.96. The number of benzene rings is 1. The van der Waals surface area contributed by atoms with Crippen molar-refractivity contribution in [2.45, 2.75) is 0 Å². The summed E-state index contributed by atoms with van der Waals surface area (Å²) in [5.74, 6) is 0.709. The summed E-state index contributed by atoms with van der Waals surface area (Å²) < 4.78 is 1.97. The zero-order valence-electron chi connectivity index (χ0n) is 10.7. The highest BCUT2D eigenvalue weighted by Gasteiger charge is 2.13. The van der Waals surface area contributed by atoms with E-state index >= 15 is 0 Å². The molecule has 21 heavy (non-hydrogen) atoms. The fourth-order valence-corrected chi connectivity index (χ4v) is 2.51. The molecule has 102 valence electrons. The monoisotopic (exact) mass is 296 g/mol. The van der Waals surface area contributed by atoms with Gasteiger partial charge in [0.05, 0.1) is 11.7 Å². The first kappa shape index (κ1) is 12.0. The van der Waals surface area contributed by atoms with Gasteiger partial charge in [-0.05, 0) is 23.7 Å². The number of para-hydroxylation sites is 1. The summed E-state index contributed by atoms with van der Waals surface area (Å²) in [4.78, 5) is 8.18. The topological polar surface area (TPSA) is 72.3 Å². The Morgan fingerprint density at radius 1 is 1.14 bits per heavy atom. The molecule has 6 nitrogen and oxygen atoms in total.